The van der Waals surface area contributed by atoms with Crippen LogP contribution in [0.5, 0.6) is 0 Å². The molecule has 0 saturated carbocycles. The number of rotatable bonds is 10. The molecule has 40 heavy (non-hydrogen) atoms. The van der Waals surface area contributed by atoms with Crippen LogP contribution in [0.2, 0.25) is 5.02 Å². The summed E-state index contributed by atoms with van der Waals surface area (Å²) in [4.78, 5) is 40.0. The molecule has 0 bridgehead atoms. The number of esters is 1. The predicted octanol–water partition coefficient (Wildman–Crippen LogP) is 4.62. The zero-order chi connectivity index (χ0) is 28.2. The SMILES string of the molecule is CCOC(=O)Cn1c(C(=O)NCc2nnnn2-c2sc(CC)cc2C(=O)c2ccccc2Cl)cc2ccccc21. The Morgan fingerprint density at radius 2 is 1.80 bits per heavy atom. The highest BCUT2D eigenvalue weighted by Gasteiger charge is 2.24. The predicted molar refractivity (Wildman–Crippen MR) is 151 cm³/mol. The highest BCUT2D eigenvalue weighted by atomic mass is 35.5. The fourth-order valence-electron chi connectivity index (χ4n) is 4.34. The Morgan fingerprint density at radius 3 is 2.58 bits per heavy atom. The van der Waals surface area contributed by atoms with Crippen molar-refractivity contribution in [3.05, 3.63) is 93.2 Å². The molecular weight excluding hydrogens is 552 g/mol. The van der Waals surface area contributed by atoms with Crippen LogP contribution in [0.25, 0.3) is 15.9 Å². The van der Waals surface area contributed by atoms with E-state index in [-0.39, 0.29) is 25.5 Å². The molecule has 5 aromatic rings. The van der Waals surface area contributed by atoms with Crippen molar-refractivity contribution in [2.24, 2.45) is 0 Å². The van der Waals surface area contributed by atoms with Gasteiger partial charge in [0.2, 0.25) is 0 Å². The van der Waals surface area contributed by atoms with Crippen molar-refractivity contribution in [3.63, 3.8) is 0 Å². The number of hydrogen-bond acceptors (Lipinski definition) is 8. The van der Waals surface area contributed by atoms with Gasteiger partial charge in [-0.3, -0.25) is 14.4 Å². The van der Waals surface area contributed by atoms with Crippen LogP contribution in [-0.4, -0.2) is 49.0 Å². The minimum absolute atomic E-state index is 0.0220. The van der Waals surface area contributed by atoms with Gasteiger partial charge < -0.3 is 14.6 Å². The highest BCUT2D eigenvalue weighted by Crippen LogP contribution is 2.31. The molecule has 0 fully saturated rings. The lowest BCUT2D eigenvalue weighted by Gasteiger charge is -2.11. The first-order chi connectivity index (χ1) is 19.4. The average molecular weight is 577 g/mol. The van der Waals surface area contributed by atoms with Crippen molar-refractivity contribution in [1.82, 2.24) is 30.1 Å². The number of aromatic nitrogens is 5. The van der Waals surface area contributed by atoms with Crippen molar-refractivity contribution in [3.8, 4) is 5.00 Å². The van der Waals surface area contributed by atoms with Crippen LogP contribution >= 0.6 is 22.9 Å². The van der Waals surface area contributed by atoms with Gasteiger partial charge in [-0.2, -0.15) is 4.68 Å². The molecule has 10 nitrogen and oxygen atoms in total. The number of tetrazole rings is 1. The van der Waals surface area contributed by atoms with E-state index in [9.17, 15) is 14.4 Å². The first-order valence-corrected chi connectivity index (χ1v) is 13.8. The smallest absolute Gasteiger partial charge is 0.325 e. The summed E-state index contributed by atoms with van der Waals surface area (Å²) in [5.41, 5.74) is 1.83. The minimum atomic E-state index is -0.443. The van der Waals surface area contributed by atoms with E-state index in [4.69, 9.17) is 16.3 Å². The summed E-state index contributed by atoms with van der Waals surface area (Å²) >= 11 is 7.71. The number of ether oxygens (including phenoxy) is 1. The molecule has 0 radical (unpaired) electrons. The highest BCUT2D eigenvalue weighted by molar-refractivity contribution is 7.15. The summed E-state index contributed by atoms with van der Waals surface area (Å²) in [6, 6.07) is 17.8. The van der Waals surface area contributed by atoms with Crippen LogP contribution in [0.1, 0.15) is 51.0 Å². The number of amides is 1. The summed E-state index contributed by atoms with van der Waals surface area (Å²) in [7, 11) is 0. The lowest BCUT2D eigenvalue weighted by Crippen LogP contribution is -2.28. The van der Waals surface area contributed by atoms with E-state index in [0.717, 1.165) is 15.8 Å². The van der Waals surface area contributed by atoms with E-state index in [1.54, 1.807) is 41.8 Å². The Morgan fingerprint density at radius 1 is 1.02 bits per heavy atom. The molecule has 0 aliphatic carbocycles. The number of nitrogens with zero attached hydrogens (tertiary/aromatic N) is 5. The molecule has 204 valence electrons. The summed E-state index contributed by atoms with van der Waals surface area (Å²) in [6.45, 7) is 3.84. The average Bonchev–Trinajstić information content (AvgIpc) is 3.69. The molecule has 0 aliphatic rings. The Balaban J connectivity index is 1.43. The Hall–Kier alpha value is -4.35. The molecule has 0 spiro atoms. The van der Waals surface area contributed by atoms with Gasteiger partial charge in [0.1, 0.15) is 17.2 Å². The van der Waals surface area contributed by atoms with Crippen molar-refractivity contribution in [1.29, 1.82) is 0 Å². The number of carbonyl (C=O) groups is 3. The topological polar surface area (TPSA) is 121 Å². The maximum Gasteiger partial charge on any atom is 0.325 e. The molecule has 5 rings (SSSR count). The third kappa shape index (κ3) is 5.38. The fourth-order valence-corrected chi connectivity index (χ4v) is 5.63. The third-order valence-electron chi connectivity index (χ3n) is 6.24. The zero-order valence-electron chi connectivity index (χ0n) is 21.8. The van der Waals surface area contributed by atoms with Crippen molar-refractivity contribution in [2.75, 3.05) is 6.61 Å². The van der Waals surface area contributed by atoms with Crippen molar-refractivity contribution < 1.29 is 19.1 Å². The lowest BCUT2D eigenvalue weighted by atomic mass is 10.0. The van der Waals surface area contributed by atoms with Crippen LogP contribution < -0.4 is 5.32 Å². The lowest BCUT2D eigenvalue weighted by molar-refractivity contribution is -0.143. The van der Waals surface area contributed by atoms with Crippen LogP contribution in [0.4, 0.5) is 0 Å². The van der Waals surface area contributed by atoms with E-state index in [0.29, 0.717) is 39.1 Å². The van der Waals surface area contributed by atoms with Gasteiger partial charge in [-0.05, 0) is 54.1 Å². The number of hydrogen-bond donors (Lipinski definition) is 1. The number of benzene rings is 2. The van der Waals surface area contributed by atoms with Gasteiger partial charge in [-0.1, -0.05) is 48.9 Å². The first kappa shape index (κ1) is 27.2. The van der Waals surface area contributed by atoms with E-state index in [2.05, 4.69) is 20.8 Å². The summed E-state index contributed by atoms with van der Waals surface area (Å²) in [5, 5.41) is 16.6. The van der Waals surface area contributed by atoms with Crippen LogP contribution in [0, 0.1) is 0 Å². The Labute approximate surface area is 238 Å². The first-order valence-electron chi connectivity index (χ1n) is 12.6. The molecule has 1 N–H and O–H groups in total. The maximum absolute atomic E-state index is 13.5. The summed E-state index contributed by atoms with van der Waals surface area (Å²) in [6.07, 6.45) is 0.715. The molecule has 1 amide bonds. The van der Waals surface area contributed by atoms with Crippen LogP contribution in [-0.2, 0) is 29.0 Å². The fraction of sp³-hybridized carbons (Fsp3) is 0.214. The molecule has 0 unspecified atom stereocenters. The second kappa shape index (κ2) is 11.8. The Bertz CT molecular complexity index is 1720. The van der Waals surface area contributed by atoms with Gasteiger partial charge in [0.25, 0.3) is 5.91 Å². The van der Waals surface area contributed by atoms with Gasteiger partial charge >= 0.3 is 5.97 Å². The number of fused-ring (bicyclic) bond motifs is 1. The number of nitrogens with one attached hydrogen (secondary N) is 1. The molecule has 3 heterocycles. The van der Waals surface area contributed by atoms with E-state index in [1.807, 2.05) is 37.3 Å². The number of halogens is 1. The molecule has 0 aliphatic heterocycles. The molecule has 3 aromatic heterocycles. The second-order valence-electron chi connectivity index (χ2n) is 8.76. The van der Waals surface area contributed by atoms with E-state index >= 15 is 0 Å². The largest absolute Gasteiger partial charge is 0.465 e. The van der Waals surface area contributed by atoms with Gasteiger partial charge in [-0.25, -0.2) is 0 Å². The van der Waals surface area contributed by atoms with Crippen molar-refractivity contribution >= 4 is 51.5 Å². The molecular formula is C28H25ClN6O4S. The number of ketones is 1. The quantitative estimate of drug-likeness (QED) is 0.190. The van der Waals surface area contributed by atoms with Crippen LogP contribution in [0.15, 0.2) is 60.7 Å². The monoisotopic (exact) mass is 576 g/mol. The normalized spacial score (nSPS) is 11.1. The minimum Gasteiger partial charge on any atom is -0.465 e. The second-order valence-corrected chi connectivity index (χ2v) is 10.3. The van der Waals surface area contributed by atoms with Crippen LogP contribution in [0.3, 0.4) is 0 Å². The van der Waals surface area contributed by atoms with E-state index in [1.165, 1.54) is 16.0 Å². The number of carbonyl (C=O) groups excluding carboxylic acids is 3. The van der Waals surface area contributed by atoms with Gasteiger partial charge in [-0.15, -0.1) is 16.4 Å². The number of aryl methyl sites for hydroxylation is 1. The standard InChI is InChI=1S/C28H25ClN6O4S/c1-3-18-14-20(26(37)19-10-6-7-11-21(19)29)28(40-18)35-24(31-32-33-35)15-30-27(38)23-13-17-9-5-8-12-22(17)34(23)16-25(36)39-4-2/h5-14H,3-4,15-16H2,1-2H3,(H,30,38). The zero-order valence-corrected chi connectivity index (χ0v) is 23.3. The van der Waals surface area contributed by atoms with Crippen molar-refractivity contribution in [2.45, 2.75) is 33.4 Å². The molecule has 0 atom stereocenters. The van der Waals surface area contributed by atoms with E-state index < -0.39 is 11.9 Å². The van der Waals surface area contributed by atoms with Gasteiger partial charge in [0.15, 0.2) is 11.6 Å². The molecule has 0 saturated heterocycles. The van der Waals surface area contributed by atoms with Gasteiger partial charge in [0.05, 0.1) is 23.7 Å². The number of para-hydroxylation sites is 1. The maximum atomic E-state index is 13.5. The molecule has 12 heteroatoms. The summed E-state index contributed by atoms with van der Waals surface area (Å²) < 4.78 is 8.19. The number of thiophene rings is 1. The molecule has 2 aromatic carbocycles. The third-order valence-corrected chi connectivity index (χ3v) is 7.83. The Kier molecular flexibility index (Phi) is 8.04. The summed E-state index contributed by atoms with van der Waals surface area (Å²) in [5.74, 6) is -0.769. The van der Waals surface area contributed by atoms with Gasteiger partial charge in [0, 0.05) is 21.3 Å².